The van der Waals surface area contributed by atoms with E-state index in [1.807, 2.05) is 0 Å². The van der Waals surface area contributed by atoms with Crippen LogP contribution in [0.5, 0.6) is 0 Å². The van der Waals surface area contributed by atoms with Gasteiger partial charge in [0, 0.05) is 18.0 Å². The van der Waals surface area contributed by atoms with Gasteiger partial charge in [-0.3, -0.25) is 15.0 Å². The molecule has 0 aliphatic rings. The molecule has 2 amide bonds. The molecule has 0 atom stereocenters. The SMILES string of the molecule is CC(C)OC(=O)Nc1csc(N(C)C(=O)c2ccc(F)cc2)n1. The second kappa shape index (κ2) is 7.19. The first-order chi connectivity index (χ1) is 10.9. The Bertz CT molecular complexity index is 700. The van der Waals surface area contributed by atoms with Crippen molar-refractivity contribution >= 4 is 34.3 Å². The summed E-state index contributed by atoms with van der Waals surface area (Å²) in [5.41, 5.74) is 0.345. The zero-order valence-electron chi connectivity index (χ0n) is 12.9. The van der Waals surface area contributed by atoms with Gasteiger partial charge >= 0.3 is 6.09 Å². The van der Waals surface area contributed by atoms with Gasteiger partial charge in [-0.15, -0.1) is 11.3 Å². The molecule has 0 aliphatic carbocycles. The van der Waals surface area contributed by atoms with Crippen LogP contribution in [0.15, 0.2) is 29.6 Å². The molecule has 1 aromatic carbocycles. The first kappa shape index (κ1) is 16.9. The normalized spacial score (nSPS) is 10.5. The number of thiazole rings is 1. The van der Waals surface area contributed by atoms with Gasteiger partial charge in [-0.2, -0.15) is 0 Å². The minimum atomic E-state index is -0.607. The first-order valence-electron chi connectivity index (χ1n) is 6.83. The maximum atomic E-state index is 12.9. The largest absolute Gasteiger partial charge is 0.447 e. The standard InChI is InChI=1S/C15H16FN3O3S/c1-9(2)22-15(21)18-12-8-23-14(17-12)19(3)13(20)10-4-6-11(16)7-5-10/h4-9H,1-3H3,(H,18,21). The van der Waals surface area contributed by atoms with E-state index >= 15 is 0 Å². The van der Waals surface area contributed by atoms with E-state index in [1.165, 1.54) is 40.5 Å². The van der Waals surface area contributed by atoms with Crippen LogP contribution in [0.2, 0.25) is 0 Å². The summed E-state index contributed by atoms with van der Waals surface area (Å²) in [4.78, 5) is 29.3. The third-order valence-electron chi connectivity index (χ3n) is 2.75. The number of amides is 2. The Balaban J connectivity index is 2.05. The van der Waals surface area contributed by atoms with Gasteiger partial charge in [-0.25, -0.2) is 14.2 Å². The van der Waals surface area contributed by atoms with Crippen LogP contribution in [-0.2, 0) is 4.74 Å². The van der Waals surface area contributed by atoms with Gasteiger partial charge in [0.15, 0.2) is 5.13 Å². The quantitative estimate of drug-likeness (QED) is 0.926. The number of nitrogens with one attached hydrogen (secondary N) is 1. The summed E-state index contributed by atoms with van der Waals surface area (Å²) >= 11 is 1.19. The van der Waals surface area contributed by atoms with E-state index in [9.17, 15) is 14.0 Å². The lowest BCUT2D eigenvalue weighted by atomic mass is 10.2. The lowest BCUT2D eigenvalue weighted by Crippen LogP contribution is -2.26. The molecule has 8 heteroatoms. The molecule has 0 saturated heterocycles. The van der Waals surface area contributed by atoms with Gasteiger partial charge in [0.25, 0.3) is 5.91 Å². The summed E-state index contributed by atoms with van der Waals surface area (Å²) in [6.45, 7) is 3.47. The van der Waals surface area contributed by atoms with Crippen molar-refractivity contribution in [2.24, 2.45) is 0 Å². The van der Waals surface area contributed by atoms with Crippen molar-refractivity contribution in [1.29, 1.82) is 0 Å². The Morgan fingerprint density at radius 1 is 1.30 bits per heavy atom. The lowest BCUT2D eigenvalue weighted by molar-refractivity contribution is 0.0993. The van der Waals surface area contributed by atoms with Gasteiger partial charge in [0.1, 0.15) is 11.6 Å². The average molecular weight is 337 g/mol. The van der Waals surface area contributed by atoms with Crippen LogP contribution >= 0.6 is 11.3 Å². The van der Waals surface area contributed by atoms with Crippen molar-refractivity contribution in [3.63, 3.8) is 0 Å². The highest BCUT2D eigenvalue weighted by atomic mass is 32.1. The summed E-state index contributed by atoms with van der Waals surface area (Å²) in [7, 11) is 1.56. The van der Waals surface area contributed by atoms with E-state index < -0.39 is 11.9 Å². The molecule has 0 radical (unpaired) electrons. The molecular weight excluding hydrogens is 321 g/mol. The smallest absolute Gasteiger partial charge is 0.413 e. The van der Waals surface area contributed by atoms with Crippen LogP contribution in [0, 0.1) is 5.82 Å². The number of hydrogen-bond donors (Lipinski definition) is 1. The number of carbonyl (C=O) groups excluding carboxylic acids is 2. The molecule has 1 aromatic heterocycles. The molecule has 0 aliphatic heterocycles. The van der Waals surface area contributed by atoms with Crippen LogP contribution in [0.4, 0.5) is 20.1 Å². The maximum absolute atomic E-state index is 12.9. The number of ether oxygens (including phenoxy) is 1. The Labute approximate surface area is 136 Å². The second-order valence-electron chi connectivity index (χ2n) is 4.97. The van der Waals surface area contributed by atoms with E-state index in [1.54, 1.807) is 26.3 Å². The molecule has 0 unspecified atom stereocenters. The number of benzene rings is 1. The number of aromatic nitrogens is 1. The molecule has 0 saturated carbocycles. The first-order valence-corrected chi connectivity index (χ1v) is 7.71. The third-order valence-corrected chi connectivity index (χ3v) is 3.66. The highest BCUT2D eigenvalue weighted by Crippen LogP contribution is 2.24. The maximum Gasteiger partial charge on any atom is 0.413 e. The molecule has 0 spiro atoms. The zero-order valence-corrected chi connectivity index (χ0v) is 13.7. The number of rotatable bonds is 4. The molecule has 0 bridgehead atoms. The summed E-state index contributed by atoms with van der Waals surface area (Å²) < 4.78 is 17.9. The van der Waals surface area contributed by atoms with Crippen molar-refractivity contribution in [3.8, 4) is 0 Å². The predicted molar refractivity (Wildman–Crippen MR) is 86.5 cm³/mol. The van der Waals surface area contributed by atoms with Crippen LogP contribution in [-0.4, -0.2) is 30.1 Å². The van der Waals surface area contributed by atoms with Crippen LogP contribution < -0.4 is 10.2 Å². The predicted octanol–water partition coefficient (Wildman–Crippen LogP) is 3.52. The van der Waals surface area contributed by atoms with Gasteiger partial charge in [-0.1, -0.05) is 0 Å². The number of carbonyl (C=O) groups is 2. The fourth-order valence-corrected chi connectivity index (χ4v) is 2.42. The molecule has 1 N–H and O–H groups in total. The fourth-order valence-electron chi connectivity index (χ4n) is 1.70. The minimum absolute atomic E-state index is 0.240. The van der Waals surface area contributed by atoms with Crippen molar-refractivity contribution < 1.29 is 18.7 Å². The Morgan fingerprint density at radius 2 is 1.96 bits per heavy atom. The summed E-state index contributed by atoms with van der Waals surface area (Å²) in [6, 6.07) is 5.25. The number of nitrogens with zero attached hydrogens (tertiary/aromatic N) is 2. The fraction of sp³-hybridized carbons (Fsp3) is 0.267. The minimum Gasteiger partial charge on any atom is -0.447 e. The lowest BCUT2D eigenvalue weighted by Gasteiger charge is -2.13. The van der Waals surface area contributed by atoms with E-state index in [2.05, 4.69) is 10.3 Å². The summed E-state index contributed by atoms with van der Waals surface area (Å²) in [5.74, 6) is -0.432. The van der Waals surface area contributed by atoms with Crippen LogP contribution in [0.3, 0.4) is 0 Å². The molecular formula is C15H16FN3O3S. The van der Waals surface area contributed by atoms with Crippen molar-refractivity contribution in [1.82, 2.24) is 4.98 Å². The molecule has 2 aromatic rings. The molecule has 23 heavy (non-hydrogen) atoms. The topological polar surface area (TPSA) is 71.5 Å². The number of halogens is 1. The van der Waals surface area contributed by atoms with E-state index in [0.29, 0.717) is 16.5 Å². The Morgan fingerprint density at radius 3 is 2.57 bits per heavy atom. The van der Waals surface area contributed by atoms with Crippen LogP contribution in [0.25, 0.3) is 0 Å². The van der Waals surface area contributed by atoms with Gasteiger partial charge in [0.2, 0.25) is 0 Å². The van der Waals surface area contributed by atoms with Gasteiger partial charge < -0.3 is 4.74 Å². The molecule has 6 nitrogen and oxygen atoms in total. The highest BCUT2D eigenvalue weighted by molar-refractivity contribution is 7.14. The zero-order chi connectivity index (χ0) is 17.0. The second-order valence-corrected chi connectivity index (χ2v) is 5.80. The molecule has 1 heterocycles. The molecule has 0 fully saturated rings. The molecule has 2 rings (SSSR count). The highest BCUT2D eigenvalue weighted by Gasteiger charge is 2.17. The summed E-state index contributed by atoms with van der Waals surface area (Å²) in [6.07, 6.45) is -0.847. The van der Waals surface area contributed by atoms with Crippen molar-refractivity contribution in [2.45, 2.75) is 20.0 Å². The van der Waals surface area contributed by atoms with E-state index in [-0.39, 0.29) is 12.0 Å². The van der Waals surface area contributed by atoms with Gasteiger partial charge in [-0.05, 0) is 38.1 Å². The Kier molecular flexibility index (Phi) is 5.28. The average Bonchev–Trinajstić information content (AvgIpc) is 2.94. The molecule has 122 valence electrons. The van der Waals surface area contributed by atoms with E-state index in [4.69, 9.17) is 4.74 Å². The Hall–Kier alpha value is -2.48. The summed E-state index contributed by atoms with van der Waals surface area (Å²) in [5, 5.41) is 4.49. The third kappa shape index (κ3) is 4.49. The van der Waals surface area contributed by atoms with Gasteiger partial charge in [0.05, 0.1) is 6.10 Å². The number of hydrogen-bond acceptors (Lipinski definition) is 5. The number of anilines is 2. The van der Waals surface area contributed by atoms with Crippen molar-refractivity contribution in [3.05, 3.63) is 41.0 Å². The monoisotopic (exact) mass is 337 g/mol. The van der Waals surface area contributed by atoms with E-state index in [0.717, 1.165) is 0 Å². The van der Waals surface area contributed by atoms with Crippen molar-refractivity contribution in [2.75, 3.05) is 17.3 Å². The van der Waals surface area contributed by atoms with Crippen LogP contribution in [0.1, 0.15) is 24.2 Å².